The van der Waals surface area contributed by atoms with E-state index in [-0.39, 0.29) is 11.3 Å². The first-order valence-electron chi connectivity index (χ1n) is 6.32. The zero-order chi connectivity index (χ0) is 14.7. The first-order chi connectivity index (χ1) is 9.60. The molecule has 0 amide bonds. The van der Waals surface area contributed by atoms with E-state index >= 15 is 0 Å². The number of hydrogen-bond donors (Lipinski definition) is 0. The number of nitriles is 1. The molecule has 1 unspecified atom stereocenters. The molecule has 6 heteroatoms. The molecule has 0 radical (unpaired) electrons. The molecule has 1 fully saturated rings. The summed E-state index contributed by atoms with van der Waals surface area (Å²) in [6.45, 7) is 0.446. The smallest absolute Gasteiger partial charge is 0.328 e. The van der Waals surface area contributed by atoms with Gasteiger partial charge in [0.2, 0.25) is 0 Å². The van der Waals surface area contributed by atoms with E-state index < -0.39 is 23.6 Å². The highest BCUT2D eigenvalue weighted by molar-refractivity contribution is 5.80. The highest BCUT2D eigenvalue weighted by Gasteiger charge is 2.32. The number of anilines is 1. The van der Waals surface area contributed by atoms with Gasteiger partial charge in [-0.1, -0.05) is 0 Å². The van der Waals surface area contributed by atoms with Crippen LogP contribution >= 0.6 is 0 Å². The van der Waals surface area contributed by atoms with Gasteiger partial charge in [0.15, 0.2) is 11.6 Å². The Kier molecular flexibility index (Phi) is 4.18. The van der Waals surface area contributed by atoms with Crippen LogP contribution in [0.25, 0.3) is 0 Å². The Labute approximate surface area is 115 Å². The van der Waals surface area contributed by atoms with E-state index in [0.29, 0.717) is 13.0 Å². The summed E-state index contributed by atoms with van der Waals surface area (Å²) in [7, 11) is 1.27. The molecular weight excluding hydrogens is 266 g/mol. The van der Waals surface area contributed by atoms with Gasteiger partial charge in [-0.15, -0.1) is 0 Å². The van der Waals surface area contributed by atoms with Crippen molar-refractivity contribution >= 4 is 11.7 Å². The van der Waals surface area contributed by atoms with Gasteiger partial charge in [0.25, 0.3) is 0 Å². The van der Waals surface area contributed by atoms with Gasteiger partial charge in [0.1, 0.15) is 12.1 Å². The van der Waals surface area contributed by atoms with Crippen molar-refractivity contribution in [3.05, 3.63) is 29.3 Å². The maximum Gasteiger partial charge on any atom is 0.328 e. The minimum Gasteiger partial charge on any atom is -0.467 e. The number of esters is 1. The summed E-state index contributed by atoms with van der Waals surface area (Å²) in [6.07, 6.45) is 2.15. The van der Waals surface area contributed by atoms with Crippen LogP contribution in [0, 0.1) is 23.0 Å². The molecule has 1 aromatic carbocycles. The maximum absolute atomic E-state index is 14.1. The van der Waals surface area contributed by atoms with Gasteiger partial charge in [0.05, 0.1) is 18.4 Å². The summed E-state index contributed by atoms with van der Waals surface area (Å²) >= 11 is 0. The Morgan fingerprint density at radius 2 is 2.15 bits per heavy atom. The van der Waals surface area contributed by atoms with Crippen LogP contribution in [0.3, 0.4) is 0 Å². The fourth-order valence-corrected chi connectivity index (χ4v) is 2.45. The zero-order valence-electron chi connectivity index (χ0n) is 11.0. The number of hydrogen-bond acceptors (Lipinski definition) is 4. The van der Waals surface area contributed by atoms with Gasteiger partial charge in [0, 0.05) is 6.54 Å². The molecule has 1 aliphatic heterocycles. The van der Waals surface area contributed by atoms with E-state index in [1.807, 2.05) is 0 Å². The Morgan fingerprint density at radius 3 is 2.80 bits per heavy atom. The van der Waals surface area contributed by atoms with Crippen LogP contribution in [0.15, 0.2) is 12.1 Å². The van der Waals surface area contributed by atoms with E-state index in [9.17, 15) is 13.6 Å². The maximum atomic E-state index is 14.1. The molecule has 0 aromatic heterocycles. The second-order valence-corrected chi connectivity index (χ2v) is 4.60. The van der Waals surface area contributed by atoms with Crippen molar-refractivity contribution in [3.8, 4) is 6.07 Å². The summed E-state index contributed by atoms with van der Waals surface area (Å²) in [5, 5.41) is 8.68. The normalized spacial score (nSPS) is 18.5. The number of methoxy groups -OCH3 is 1. The highest BCUT2D eigenvalue weighted by Crippen LogP contribution is 2.30. The summed E-state index contributed by atoms with van der Waals surface area (Å²) in [5.74, 6) is -2.74. The van der Waals surface area contributed by atoms with Crippen molar-refractivity contribution in [1.82, 2.24) is 0 Å². The van der Waals surface area contributed by atoms with Crippen LogP contribution in [0.5, 0.6) is 0 Å². The fourth-order valence-electron chi connectivity index (χ4n) is 2.45. The fraction of sp³-hybridized carbons (Fsp3) is 0.429. The van der Waals surface area contributed by atoms with Crippen molar-refractivity contribution in [2.24, 2.45) is 0 Å². The van der Waals surface area contributed by atoms with Gasteiger partial charge in [-0.05, 0) is 31.4 Å². The Balaban J connectivity index is 2.41. The molecule has 1 aromatic rings. The third-order valence-electron chi connectivity index (χ3n) is 3.47. The summed E-state index contributed by atoms with van der Waals surface area (Å²) < 4.78 is 32.4. The minimum atomic E-state index is -1.18. The van der Waals surface area contributed by atoms with Gasteiger partial charge >= 0.3 is 5.97 Å². The van der Waals surface area contributed by atoms with Crippen molar-refractivity contribution in [2.75, 3.05) is 18.6 Å². The van der Waals surface area contributed by atoms with Crippen LogP contribution in [0.2, 0.25) is 0 Å². The topological polar surface area (TPSA) is 53.3 Å². The predicted octanol–water partition coefficient (Wildman–Crippen LogP) is 2.37. The molecule has 0 aliphatic carbocycles. The Hall–Kier alpha value is -2.16. The summed E-state index contributed by atoms with van der Waals surface area (Å²) in [6, 6.07) is 3.52. The number of piperidine rings is 1. The number of carbonyl (C=O) groups excluding carboxylic acids is 1. The molecule has 4 nitrogen and oxygen atoms in total. The van der Waals surface area contributed by atoms with E-state index in [4.69, 9.17) is 10.00 Å². The number of nitrogens with zero attached hydrogens (tertiary/aromatic N) is 2. The first kappa shape index (κ1) is 14.3. The minimum absolute atomic E-state index is 0.00315. The van der Waals surface area contributed by atoms with Crippen molar-refractivity contribution in [1.29, 1.82) is 5.26 Å². The van der Waals surface area contributed by atoms with E-state index in [2.05, 4.69) is 0 Å². The van der Waals surface area contributed by atoms with Crippen LogP contribution < -0.4 is 4.90 Å². The molecule has 1 atom stereocenters. The molecule has 0 saturated carbocycles. The second-order valence-electron chi connectivity index (χ2n) is 4.60. The van der Waals surface area contributed by atoms with E-state index in [1.165, 1.54) is 24.1 Å². The molecule has 0 bridgehead atoms. The van der Waals surface area contributed by atoms with Crippen molar-refractivity contribution in [3.63, 3.8) is 0 Å². The number of ether oxygens (including phenoxy) is 1. The summed E-state index contributed by atoms with van der Waals surface area (Å²) in [4.78, 5) is 13.2. The predicted molar refractivity (Wildman–Crippen MR) is 68.1 cm³/mol. The summed E-state index contributed by atoms with van der Waals surface area (Å²) in [5.41, 5.74) is -0.352. The molecule has 1 aliphatic rings. The van der Waals surface area contributed by atoms with Crippen LogP contribution in [0.1, 0.15) is 24.8 Å². The van der Waals surface area contributed by atoms with Crippen LogP contribution in [0.4, 0.5) is 14.5 Å². The number of rotatable bonds is 2. The quantitative estimate of drug-likeness (QED) is 0.780. The van der Waals surface area contributed by atoms with Crippen LogP contribution in [-0.4, -0.2) is 25.7 Å². The molecule has 0 spiro atoms. The van der Waals surface area contributed by atoms with E-state index in [1.54, 1.807) is 6.07 Å². The SMILES string of the molecule is COC(=O)C1CCCCN1c1ccc(C#N)c(F)c1F. The molecular formula is C14H14F2N2O2. The molecule has 1 heterocycles. The van der Waals surface area contributed by atoms with Crippen molar-refractivity contribution in [2.45, 2.75) is 25.3 Å². The molecule has 20 heavy (non-hydrogen) atoms. The van der Waals surface area contributed by atoms with Gasteiger partial charge in [-0.25, -0.2) is 13.6 Å². The van der Waals surface area contributed by atoms with Gasteiger partial charge in [-0.3, -0.25) is 0 Å². The van der Waals surface area contributed by atoms with Gasteiger partial charge in [-0.2, -0.15) is 5.26 Å². The molecule has 106 valence electrons. The largest absolute Gasteiger partial charge is 0.467 e. The molecule has 1 saturated heterocycles. The average Bonchev–Trinajstić information content (AvgIpc) is 2.49. The third kappa shape index (κ3) is 2.44. The first-order valence-corrected chi connectivity index (χ1v) is 6.32. The van der Waals surface area contributed by atoms with Gasteiger partial charge < -0.3 is 9.64 Å². The number of halogens is 2. The second kappa shape index (κ2) is 5.87. The third-order valence-corrected chi connectivity index (χ3v) is 3.47. The standard InChI is InChI=1S/C14H14F2N2O2/c1-20-14(19)11-4-2-3-7-18(11)10-6-5-9(8-17)12(15)13(10)16/h5-6,11H,2-4,7H2,1H3. The monoisotopic (exact) mass is 280 g/mol. The molecule has 2 rings (SSSR count). The average molecular weight is 280 g/mol. The highest BCUT2D eigenvalue weighted by atomic mass is 19.2. The number of carbonyl (C=O) groups is 1. The lowest BCUT2D eigenvalue weighted by Gasteiger charge is -2.35. The lowest BCUT2D eigenvalue weighted by atomic mass is 10.0. The van der Waals surface area contributed by atoms with E-state index in [0.717, 1.165) is 12.8 Å². The Bertz CT molecular complexity index is 569. The zero-order valence-corrected chi connectivity index (χ0v) is 11.0. The lowest BCUT2D eigenvalue weighted by molar-refractivity contribution is -0.142. The number of benzene rings is 1. The Morgan fingerprint density at radius 1 is 1.40 bits per heavy atom. The van der Waals surface area contributed by atoms with Crippen molar-refractivity contribution < 1.29 is 18.3 Å². The lowest BCUT2D eigenvalue weighted by Crippen LogP contribution is -2.45. The van der Waals surface area contributed by atoms with Crippen LogP contribution in [-0.2, 0) is 9.53 Å². The molecule has 0 N–H and O–H groups in total.